The number of hydrogen-bond acceptors (Lipinski definition) is 0. The van der Waals surface area contributed by atoms with Gasteiger partial charge in [-0.1, -0.05) is 6.42 Å². The van der Waals surface area contributed by atoms with Crippen LogP contribution in [0.1, 0.15) is 12.0 Å². The summed E-state index contributed by atoms with van der Waals surface area (Å²) in [4.78, 5) is 0. The van der Waals surface area contributed by atoms with Gasteiger partial charge in [-0.3, -0.25) is 0 Å². The molecule has 0 spiro atoms. The van der Waals surface area contributed by atoms with E-state index in [0.29, 0.717) is 0 Å². The van der Waals surface area contributed by atoms with Gasteiger partial charge in [0.25, 0.3) is 0 Å². The number of rotatable bonds is 2. The zero-order chi connectivity index (χ0) is 6.53. The van der Waals surface area contributed by atoms with Crippen LogP contribution in [0.15, 0.2) is 24.3 Å². The molecule has 1 heteroatoms. The average molecular weight is 356 g/mol. The van der Waals surface area contributed by atoms with Crippen LogP contribution in [-0.2, 0) is 6.42 Å². The first-order chi connectivity index (χ1) is 4.43. The standard InChI is InChI=1S/C9H10.U/c1-2-6-9-7-4-3-5-8-9;/h3-5,7H,1-2,6H2;/q-2;+2. The molecule has 0 aliphatic heterocycles. The van der Waals surface area contributed by atoms with Crippen LogP contribution in [-0.4, -0.2) is 0 Å². The second-order valence-corrected chi connectivity index (χ2v) is 1.99. The van der Waals surface area contributed by atoms with Crippen molar-refractivity contribution >= 4 is 0 Å². The van der Waals surface area contributed by atoms with Gasteiger partial charge >= 0.3 is 31.1 Å². The molecule has 0 aromatic heterocycles. The van der Waals surface area contributed by atoms with Crippen LogP contribution in [0.4, 0.5) is 0 Å². The summed E-state index contributed by atoms with van der Waals surface area (Å²) in [5.74, 6) is 0. The number of aryl methyl sites for hydroxylation is 1. The van der Waals surface area contributed by atoms with Gasteiger partial charge in [-0.15, -0.1) is 0 Å². The van der Waals surface area contributed by atoms with E-state index in [1.807, 2.05) is 18.2 Å². The Morgan fingerprint density at radius 1 is 1.40 bits per heavy atom. The number of hydrogen-bond donors (Lipinski definition) is 0. The summed E-state index contributed by atoms with van der Waals surface area (Å²) < 4.78 is 0. The minimum absolute atomic E-state index is 0. The summed E-state index contributed by atoms with van der Waals surface area (Å²) in [7, 11) is 0. The first-order valence-electron chi connectivity index (χ1n) is 3.18. The van der Waals surface area contributed by atoms with Crippen LogP contribution in [0.3, 0.4) is 0 Å². The molecule has 10 heavy (non-hydrogen) atoms. The molecule has 0 unspecified atom stereocenters. The second kappa shape index (κ2) is 6.01. The van der Waals surface area contributed by atoms with Gasteiger partial charge in [0.15, 0.2) is 0 Å². The molecular formula is C9H10U. The van der Waals surface area contributed by atoms with E-state index in [2.05, 4.69) is 19.1 Å². The summed E-state index contributed by atoms with van der Waals surface area (Å²) in [6.45, 7) is 3.76. The molecule has 0 atom stereocenters. The average Bonchev–Trinajstić information content (AvgIpc) is 1.91. The Labute approximate surface area is 86.4 Å². The zero-order valence-corrected chi connectivity index (χ0v) is 10.1. The van der Waals surface area contributed by atoms with Crippen LogP contribution >= 0.6 is 0 Å². The molecule has 0 amide bonds. The first kappa shape index (κ1) is 10.3. The van der Waals surface area contributed by atoms with Gasteiger partial charge in [-0.05, 0) is 0 Å². The largest absolute Gasteiger partial charge is 2.00 e. The smallest absolute Gasteiger partial charge is 0.343 e. The maximum Gasteiger partial charge on any atom is 2.00 e. The van der Waals surface area contributed by atoms with Gasteiger partial charge in [0, 0.05) is 0 Å². The summed E-state index contributed by atoms with van der Waals surface area (Å²) in [6.07, 6.45) is 2.00. The van der Waals surface area contributed by atoms with Crippen LogP contribution in [0.5, 0.6) is 0 Å². The molecule has 0 nitrogen and oxygen atoms in total. The zero-order valence-electron chi connectivity index (χ0n) is 5.93. The van der Waals surface area contributed by atoms with Crippen LogP contribution in [0.2, 0.25) is 0 Å². The van der Waals surface area contributed by atoms with Gasteiger partial charge in [0.05, 0.1) is 0 Å². The van der Waals surface area contributed by atoms with Crippen LogP contribution in [0.25, 0.3) is 0 Å². The van der Waals surface area contributed by atoms with E-state index in [9.17, 15) is 0 Å². The second-order valence-electron chi connectivity index (χ2n) is 1.99. The summed E-state index contributed by atoms with van der Waals surface area (Å²) in [5.41, 5.74) is 1.26. The third-order valence-electron chi connectivity index (χ3n) is 1.22. The van der Waals surface area contributed by atoms with Gasteiger partial charge < -0.3 is 6.92 Å². The molecule has 0 aliphatic carbocycles. The molecule has 0 saturated heterocycles. The third-order valence-corrected chi connectivity index (χ3v) is 1.22. The Morgan fingerprint density at radius 2 is 2.20 bits per heavy atom. The molecule has 0 fully saturated rings. The number of benzene rings is 1. The summed E-state index contributed by atoms with van der Waals surface area (Å²) in [5, 5.41) is 0. The normalized spacial score (nSPS) is 8.50. The monoisotopic (exact) mass is 356 g/mol. The van der Waals surface area contributed by atoms with Crippen molar-refractivity contribution in [3.05, 3.63) is 42.8 Å². The van der Waals surface area contributed by atoms with Gasteiger partial charge in [0.2, 0.25) is 0 Å². The van der Waals surface area contributed by atoms with Crippen molar-refractivity contribution in [1.29, 1.82) is 0 Å². The van der Waals surface area contributed by atoms with E-state index < -0.39 is 0 Å². The molecule has 50 valence electrons. The molecule has 0 radical (unpaired) electrons. The van der Waals surface area contributed by atoms with Gasteiger partial charge in [-0.2, -0.15) is 42.3 Å². The molecular weight excluding hydrogens is 346 g/mol. The predicted octanol–water partition coefficient (Wildman–Crippen LogP) is 2.25. The van der Waals surface area contributed by atoms with E-state index in [-0.39, 0.29) is 31.1 Å². The van der Waals surface area contributed by atoms with E-state index >= 15 is 0 Å². The quantitative estimate of drug-likeness (QED) is 0.714. The van der Waals surface area contributed by atoms with Crippen molar-refractivity contribution in [3.63, 3.8) is 0 Å². The van der Waals surface area contributed by atoms with E-state index in [0.717, 1.165) is 12.8 Å². The van der Waals surface area contributed by atoms with Crippen molar-refractivity contribution in [2.75, 3.05) is 0 Å². The third kappa shape index (κ3) is 3.44. The van der Waals surface area contributed by atoms with E-state index in [4.69, 9.17) is 0 Å². The van der Waals surface area contributed by atoms with Gasteiger partial charge in [-0.25, -0.2) is 0 Å². The summed E-state index contributed by atoms with van der Waals surface area (Å²) >= 11 is 0. The Morgan fingerprint density at radius 3 is 2.70 bits per heavy atom. The molecule has 1 aromatic carbocycles. The predicted molar refractivity (Wildman–Crippen MR) is 39.0 cm³/mol. The Hall–Kier alpha value is 0.272. The minimum atomic E-state index is 0. The van der Waals surface area contributed by atoms with Gasteiger partial charge in [0.1, 0.15) is 0 Å². The molecule has 0 saturated carbocycles. The minimum Gasteiger partial charge on any atom is -0.343 e. The van der Waals surface area contributed by atoms with Crippen LogP contribution in [0, 0.1) is 44.1 Å². The Balaban J connectivity index is 0.000000810. The fourth-order valence-corrected chi connectivity index (χ4v) is 0.776. The summed E-state index contributed by atoms with van der Waals surface area (Å²) in [6, 6.07) is 11.1. The molecule has 1 aromatic rings. The van der Waals surface area contributed by atoms with Crippen molar-refractivity contribution in [2.24, 2.45) is 0 Å². The van der Waals surface area contributed by atoms with E-state index in [1.165, 1.54) is 5.56 Å². The molecule has 0 heterocycles. The van der Waals surface area contributed by atoms with Crippen molar-refractivity contribution in [2.45, 2.75) is 12.8 Å². The Bertz CT molecular complexity index is 158. The van der Waals surface area contributed by atoms with Crippen molar-refractivity contribution < 1.29 is 31.1 Å². The maximum atomic E-state index is 3.76. The molecule has 0 bridgehead atoms. The Kier molecular flexibility index (Phi) is 6.18. The molecule has 1 rings (SSSR count). The van der Waals surface area contributed by atoms with Crippen LogP contribution < -0.4 is 0 Å². The molecule has 0 N–H and O–H groups in total. The van der Waals surface area contributed by atoms with Crippen molar-refractivity contribution in [1.82, 2.24) is 0 Å². The SMILES string of the molecule is [CH2-]CCc1[c-]cccc1.[U+2]. The maximum absolute atomic E-state index is 3.76. The van der Waals surface area contributed by atoms with Crippen molar-refractivity contribution in [3.8, 4) is 0 Å². The topological polar surface area (TPSA) is 0 Å². The first-order valence-corrected chi connectivity index (χ1v) is 3.18. The fraction of sp³-hybridized carbons (Fsp3) is 0.222. The fourth-order valence-electron chi connectivity index (χ4n) is 0.776. The van der Waals surface area contributed by atoms with E-state index in [1.54, 1.807) is 0 Å². The molecule has 0 aliphatic rings.